The summed E-state index contributed by atoms with van der Waals surface area (Å²) in [6.07, 6.45) is 0.350. The van der Waals surface area contributed by atoms with Crippen LogP contribution in [0, 0.1) is 5.41 Å². The number of likely N-dealkylation sites (tertiary alicyclic amines) is 1. The molecule has 1 aliphatic heterocycles. The Labute approximate surface area is 159 Å². The van der Waals surface area contributed by atoms with Gasteiger partial charge in [-0.25, -0.2) is 17.5 Å². The number of carboxylic acids is 1. The van der Waals surface area contributed by atoms with E-state index in [1.165, 1.54) is 37.2 Å². The maximum absolute atomic E-state index is 12.6. The first-order valence-electron chi connectivity index (χ1n) is 8.50. The lowest BCUT2D eigenvalue weighted by atomic mass is 9.90. The van der Waals surface area contributed by atoms with Crippen molar-refractivity contribution in [3.8, 4) is 5.75 Å². The van der Waals surface area contributed by atoms with Gasteiger partial charge in [0, 0.05) is 27.2 Å². The van der Waals surface area contributed by atoms with Crippen LogP contribution in [-0.4, -0.2) is 68.5 Å². The zero-order chi connectivity index (χ0) is 20.4. The summed E-state index contributed by atoms with van der Waals surface area (Å²) in [6.45, 7) is 4.08. The van der Waals surface area contributed by atoms with Crippen molar-refractivity contribution in [2.24, 2.45) is 5.41 Å². The van der Waals surface area contributed by atoms with E-state index in [0.29, 0.717) is 25.3 Å². The second-order valence-electron chi connectivity index (χ2n) is 6.85. The van der Waals surface area contributed by atoms with Gasteiger partial charge in [-0.3, -0.25) is 4.79 Å². The topological polar surface area (TPSA) is 116 Å². The molecule has 1 saturated heterocycles. The minimum Gasteiger partial charge on any atom is -0.492 e. The van der Waals surface area contributed by atoms with Crippen LogP contribution in [0.5, 0.6) is 5.75 Å². The number of nitrogens with one attached hydrogen (secondary N) is 1. The van der Waals surface area contributed by atoms with E-state index in [0.717, 1.165) is 4.31 Å². The highest BCUT2D eigenvalue weighted by atomic mass is 32.2. The minimum atomic E-state index is -3.68. The molecule has 0 spiro atoms. The van der Waals surface area contributed by atoms with Crippen LogP contribution in [0.2, 0.25) is 0 Å². The van der Waals surface area contributed by atoms with Crippen LogP contribution in [0.3, 0.4) is 0 Å². The van der Waals surface area contributed by atoms with E-state index in [2.05, 4.69) is 5.32 Å². The number of ether oxygens (including phenoxy) is 1. The number of carboxylic acid groups (broad SMARTS) is 1. The molecule has 1 heterocycles. The molecule has 1 aliphatic rings. The summed E-state index contributed by atoms with van der Waals surface area (Å²) in [5.41, 5.74) is -0.773. The Hall–Kier alpha value is -2.33. The van der Waals surface area contributed by atoms with Gasteiger partial charge in [0.25, 0.3) is 0 Å². The number of anilines is 1. The van der Waals surface area contributed by atoms with E-state index >= 15 is 0 Å². The average Bonchev–Trinajstić information content (AvgIpc) is 3.00. The van der Waals surface area contributed by atoms with E-state index in [4.69, 9.17) is 4.74 Å². The van der Waals surface area contributed by atoms with Crippen molar-refractivity contribution >= 4 is 27.7 Å². The van der Waals surface area contributed by atoms with Gasteiger partial charge in [-0.15, -0.1) is 0 Å². The van der Waals surface area contributed by atoms with E-state index in [-0.39, 0.29) is 17.1 Å². The summed E-state index contributed by atoms with van der Waals surface area (Å²) >= 11 is 0. The van der Waals surface area contributed by atoms with Gasteiger partial charge in [0.15, 0.2) is 0 Å². The Balaban J connectivity index is 2.28. The largest absolute Gasteiger partial charge is 0.492 e. The van der Waals surface area contributed by atoms with Gasteiger partial charge in [0.05, 0.1) is 22.6 Å². The number of urea groups is 1. The minimum absolute atomic E-state index is 0.0167. The van der Waals surface area contributed by atoms with Gasteiger partial charge in [-0.1, -0.05) is 0 Å². The average molecular weight is 399 g/mol. The Morgan fingerprint density at radius 2 is 2.04 bits per heavy atom. The molecule has 1 unspecified atom stereocenters. The van der Waals surface area contributed by atoms with Crippen molar-refractivity contribution in [1.82, 2.24) is 9.21 Å². The van der Waals surface area contributed by atoms with Crippen molar-refractivity contribution in [2.45, 2.75) is 25.2 Å². The van der Waals surface area contributed by atoms with Crippen LogP contribution >= 0.6 is 0 Å². The maximum Gasteiger partial charge on any atom is 0.321 e. The van der Waals surface area contributed by atoms with Gasteiger partial charge >= 0.3 is 12.0 Å². The zero-order valence-corrected chi connectivity index (χ0v) is 16.7. The van der Waals surface area contributed by atoms with Crippen LogP contribution < -0.4 is 10.1 Å². The standard InChI is InChI=1S/C17H25N3O6S/c1-5-26-14-7-6-12(27(24,25)19(3)4)10-13(14)18-16(23)20-9-8-17(2,11-20)15(21)22/h6-7,10H,5,8-9,11H2,1-4H3,(H,18,23)(H,21,22). The molecule has 2 rings (SSSR count). The predicted molar refractivity (Wildman–Crippen MR) is 99.4 cm³/mol. The molecule has 1 aromatic rings. The molecule has 9 nitrogen and oxygen atoms in total. The lowest BCUT2D eigenvalue weighted by Gasteiger charge is -2.22. The monoisotopic (exact) mass is 399 g/mol. The molecular weight excluding hydrogens is 374 g/mol. The van der Waals surface area contributed by atoms with Gasteiger partial charge in [-0.2, -0.15) is 0 Å². The number of hydrogen-bond acceptors (Lipinski definition) is 5. The number of rotatable bonds is 6. The molecule has 0 aromatic heterocycles. The Morgan fingerprint density at radius 1 is 1.37 bits per heavy atom. The fourth-order valence-electron chi connectivity index (χ4n) is 2.76. The molecule has 2 amide bonds. The third kappa shape index (κ3) is 4.33. The number of carbonyl (C=O) groups is 2. The third-order valence-corrected chi connectivity index (χ3v) is 6.36. The summed E-state index contributed by atoms with van der Waals surface area (Å²) in [5, 5.41) is 12.0. The summed E-state index contributed by atoms with van der Waals surface area (Å²) in [5.74, 6) is -0.615. The molecule has 10 heteroatoms. The number of nitrogens with zero attached hydrogens (tertiary/aromatic N) is 2. The number of amides is 2. The normalized spacial score (nSPS) is 20.0. The first-order valence-corrected chi connectivity index (χ1v) is 9.94. The molecule has 0 aliphatic carbocycles. The van der Waals surface area contributed by atoms with Crippen LogP contribution in [-0.2, 0) is 14.8 Å². The van der Waals surface area contributed by atoms with Crippen molar-refractivity contribution in [3.05, 3.63) is 18.2 Å². The number of aliphatic carboxylic acids is 1. The number of carbonyl (C=O) groups excluding carboxylic acids is 1. The first kappa shape index (κ1) is 21.0. The van der Waals surface area contributed by atoms with Crippen molar-refractivity contribution in [1.29, 1.82) is 0 Å². The highest BCUT2D eigenvalue weighted by molar-refractivity contribution is 7.89. The number of sulfonamides is 1. The molecule has 1 aromatic carbocycles. The molecule has 0 saturated carbocycles. The van der Waals surface area contributed by atoms with Crippen molar-refractivity contribution in [3.63, 3.8) is 0 Å². The highest BCUT2D eigenvalue weighted by Crippen LogP contribution is 2.32. The Kier molecular flexibility index (Phi) is 6.01. The number of hydrogen-bond donors (Lipinski definition) is 2. The summed E-state index contributed by atoms with van der Waals surface area (Å²) in [6, 6.07) is 3.74. The first-order chi connectivity index (χ1) is 12.5. The molecule has 0 radical (unpaired) electrons. The van der Waals surface area contributed by atoms with Gasteiger partial charge in [0.2, 0.25) is 10.0 Å². The quantitative estimate of drug-likeness (QED) is 0.752. The Bertz CT molecular complexity index is 839. The molecule has 1 atom stereocenters. The zero-order valence-electron chi connectivity index (χ0n) is 15.9. The maximum atomic E-state index is 12.6. The highest BCUT2D eigenvalue weighted by Gasteiger charge is 2.42. The summed E-state index contributed by atoms with van der Waals surface area (Å²) < 4.78 is 31.3. The molecular formula is C17H25N3O6S. The van der Waals surface area contributed by atoms with Crippen molar-refractivity contribution < 1.29 is 27.9 Å². The molecule has 2 N–H and O–H groups in total. The van der Waals surface area contributed by atoms with E-state index in [1.54, 1.807) is 13.8 Å². The van der Waals surface area contributed by atoms with Crippen molar-refractivity contribution in [2.75, 3.05) is 39.1 Å². The van der Waals surface area contributed by atoms with Gasteiger partial charge in [-0.05, 0) is 38.5 Å². The van der Waals surface area contributed by atoms with Crippen LogP contribution in [0.4, 0.5) is 10.5 Å². The molecule has 27 heavy (non-hydrogen) atoms. The second-order valence-corrected chi connectivity index (χ2v) is 9.00. The van der Waals surface area contributed by atoms with Crippen LogP contribution in [0.25, 0.3) is 0 Å². The second kappa shape index (κ2) is 7.73. The summed E-state index contributed by atoms with van der Waals surface area (Å²) in [7, 11) is -0.845. The lowest BCUT2D eigenvalue weighted by Crippen LogP contribution is -2.37. The predicted octanol–water partition coefficient (Wildman–Crippen LogP) is 1.66. The summed E-state index contributed by atoms with van der Waals surface area (Å²) in [4.78, 5) is 25.4. The van der Waals surface area contributed by atoms with Gasteiger partial charge in [0.1, 0.15) is 5.75 Å². The smallest absolute Gasteiger partial charge is 0.321 e. The van der Waals surface area contributed by atoms with Gasteiger partial charge < -0.3 is 20.1 Å². The fraction of sp³-hybridized carbons (Fsp3) is 0.529. The third-order valence-electron chi connectivity index (χ3n) is 4.55. The molecule has 0 bridgehead atoms. The fourth-order valence-corrected chi connectivity index (χ4v) is 3.69. The van der Waals surface area contributed by atoms with Crippen LogP contribution in [0.1, 0.15) is 20.3 Å². The Morgan fingerprint density at radius 3 is 2.56 bits per heavy atom. The molecule has 1 fully saturated rings. The lowest BCUT2D eigenvalue weighted by molar-refractivity contribution is -0.146. The van der Waals surface area contributed by atoms with E-state index in [1.807, 2.05) is 0 Å². The SMILES string of the molecule is CCOc1ccc(S(=O)(=O)N(C)C)cc1NC(=O)N1CCC(C)(C(=O)O)C1. The van der Waals surface area contributed by atoms with E-state index in [9.17, 15) is 23.1 Å². The number of benzene rings is 1. The molecule has 150 valence electrons. The van der Waals surface area contributed by atoms with Crippen LogP contribution in [0.15, 0.2) is 23.1 Å². The van der Waals surface area contributed by atoms with E-state index < -0.39 is 27.4 Å².